The Balaban J connectivity index is 1.71. The first-order valence-corrected chi connectivity index (χ1v) is 6.54. The molecule has 0 spiro atoms. The molecule has 0 saturated heterocycles. The normalized spacial score (nSPS) is 13.7. The standard InChI is InChI=1S/C16H14O5/c17-16(18)13(11-4-2-1-3-5-11)9-19-12-6-7-14-15(8-12)21-10-20-14/h1-8,13H,9-10H2,(H,17,18). The van der Waals surface area contributed by atoms with Crippen LogP contribution in [0.1, 0.15) is 11.5 Å². The fourth-order valence-corrected chi connectivity index (χ4v) is 2.14. The lowest BCUT2D eigenvalue weighted by Crippen LogP contribution is -2.19. The zero-order valence-electron chi connectivity index (χ0n) is 11.2. The summed E-state index contributed by atoms with van der Waals surface area (Å²) in [7, 11) is 0. The van der Waals surface area contributed by atoms with Gasteiger partial charge in [-0.3, -0.25) is 4.79 Å². The van der Waals surface area contributed by atoms with Crippen molar-refractivity contribution < 1.29 is 24.1 Å². The Kier molecular flexibility index (Phi) is 3.64. The van der Waals surface area contributed by atoms with E-state index in [4.69, 9.17) is 14.2 Å². The first-order valence-electron chi connectivity index (χ1n) is 6.54. The minimum absolute atomic E-state index is 0.0546. The van der Waals surface area contributed by atoms with E-state index in [0.717, 1.165) is 0 Å². The molecule has 0 saturated carbocycles. The Morgan fingerprint density at radius 1 is 1.14 bits per heavy atom. The monoisotopic (exact) mass is 286 g/mol. The third-order valence-electron chi connectivity index (χ3n) is 3.26. The Labute approximate surface area is 121 Å². The van der Waals surface area contributed by atoms with E-state index in [2.05, 4.69) is 0 Å². The molecule has 1 heterocycles. The molecule has 2 aromatic rings. The third-order valence-corrected chi connectivity index (χ3v) is 3.26. The van der Waals surface area contributed by atoms with Gasteiger partial charge in [0.1, 0.15) is 18.3 Å². The van der Waals surface area contributed by atoms with E-state index in [1.54, 1.807) is 30.3 Å². The summed E-state index contributed by atoms with van der Waals surface area (Å²) in [5.74, 6) is 0.208. The van der Waals surface area contributed by atoms with Crippen molar-refractivity contribution in [2.75, 3.05) is 13.4 Å². The van der Waals surface area contributed by atoms with E-state index in [1.807, 2.05) is 18.2 Å². The maximum absolute atomic E-state index is 11.4. The summed E-state index contributed by atoms with van der Waals surface area (Å²) in [6.07, 6.45) is 0. The summed E-state index contributed by atoms with van der Waals surface area (Å²) >= 11 is 0. The molecule has 1 atom stereocenters. The summed E-state index contributed by atoms with van der Waals surface area (Å²) in [6, 6.07) is 14.2. The summed E-state index contributed by atoms with van der Waals surface area (Å²) in [5, 5.41) is 9.33. The molecule has 108 valence electrons. The predicted octanol–water partition coefficient (Wildman–Crippen LogP) is 2.66. The van der Waals surface area contributed by atoms with Gasteiger partial charge in [-0.15, -0.1) is 0 Å². The Morgan fingerprint density at radius 3 is 2.67 bits per heavy atom. The van der Waals surface area contributed by atoms with Crippen LogP contribution in [0.4, 0.5) is 0 Å². The Morgan fingerprint density at radius 2 is 1.90 bits per heavy atom. The number of rotatable bonds is 5. The summed E-state index contributed by atoms with van der Waals surface area (Å²) in [6.45, 7) is 0.250. The van der Waals surface area contributed by atoms with Crippen LogP contribution in [0.25, 0.3) is 0 Å². The zero-order chi connectivity index (χ0) is 14.7. The molecule has 1 aliphatic rings. The van der Waals surface area contributed by atoms with Gasteiger partial charge in [-0.25, -0.2) is 0 Å². The maximum Gasteiger partial charge on any atom is 0.314 e. The van der Waals surface area contributed by atoms with E-state index in [1.165, 1.54) is 0 Å². The average Bonchev–Trinajstić information content (AvgIpc) is 2.96. The highest BCUT2D eigenvalue weighted by Gasteiger charge is 2.21. The number of aliphatic carboxylic acids is 1. The van der Waals surface area contributed by atoms with Crippen LogP contribution in [0.2, 0.25) is 0 Å². The topological polar surface area (TPSA) is 65.0 Å². The van der Waals surface area contributed by atoms with Crippen LogP contribution in [0.5, 0.6) is 17.2 Å². The number of carboxylic acid groups (broad SMARTS) is 1. The van der Waals surface area contributed by atoms with Gasteiger partial charge in [0.05, 0.1) is 0 Å². The number of hydrogen-bond donors (Lipinski definition) is 1. The van der Waals surface area contributed by atoms with Gasteiger partial charge < -0.3 is 19.3 Å². The molecule has 0 bridgehead atoms. The molecule has 3 rings (SSSR count). The fourth-order valence-electron chi connectivity index (χ4n) is 2.14. The second-order valence-electron chi connectivity index (χ2n) is 4.63. The van der Waals surface area contributed by atoms with Crippen LogP contribution in [0.15, 0.2) is 48.5 Å². The number of carbonyl (C=O) groups is 1. The van der Waals surface area contributed by atoms with Crippen molar-refractivity contribution in [2.45, 2.75) is 5.92 Å². The van der Waals surface area contributed by atoms with Gasteiger partial charge in [-0.2, -0.15) is 0 Å². The highest BCUT2D eigenvalue weighted by Crippen LogP contribution is 2.35. The summed E-state index contributed by atoms with van der Waals surface area (Å²) in [5.41, 5.74) is 0.714. The minimum Gasteiger partial charge on any atom is -0.492 e. The molecule has 2 aromatic carbocycles. The van der Waals surface area contributed by atoms with Gasteiger partial charge >= 0.3 is 5.97 Å². The molecule has 1 aliphatic heterocycles. The molecule has 5 heteroatoms. The molecule has 0 aliphatic carbocycles. The molecule has 5 nitrogen and oxygen atoms in total. The first-order chi connectivity index (χ1) is 10.2. The lowest BCUT2D eigenvalue weighted by molar-refractivity contribution is -0.139. The molecule has 1 unspecified atom stereocenters. The predicted molar refractivity (Wildman–Crippen MR) is 74.9 cm³/mol. The van der Waals surface area contributed by atoms with Gasteiger partial charge in [-0.1, -0.05) is 30.3 Å². The number of benzene rings is 2. The average molecular weight is 286 g/mol. The van der Waals surface area contributed by atoms with Crippen LogP contribution in [-0.2, 0) is 4.79 Å². The molecular weight excluding hydrogens is 272 g/mol. The molecule has 0 radical (unpaired) electrons. The van der Waals surface area contributed by atoms with Crippen LogP contribution < -0.4 is 14.2 Å². The van der Waals surface area contributed by atoms with Crippen molar-refractivity contribution >= 4 is 5.97 Å². The van der Waals surface area contributed by atoms with Gasteiger partial charge in [-0.05, 0) is 17.7 Å². The molecule has 0 aromatic heterocycles. The van der Waals surface area contributed by atoms with Crippen LogP contribution in [0, 0.1) is 0 Å². The molecule has 0 fully saturated rings. The molecule has 1 N–H and O–H groups in total. The van der Waals surface area contributed by atoms with Crippen LogP contribution in [0.3, 0.4) is 0 Å². The molecular formula is C16H14O5. The Bertz CT molecular complexity index is 638. The number of carboxylic acids is 1. The van der Waals surface area contributed by atoms with Crippen molar-refractivity contribution in [3.8, 4) is 17.2 Å². The minimum atomic E-state index is -0.915. The summed E-state index contributed by atoms with van der Waals surface area (Å²) in [4.78, 5) is 11.4. The molecule has 21 heavy (non-hydrogen) atoms. The van der Waals surface area contributed by atoms with Crippen molar-refractivity contribution in [3.05, 3.63) is 54.1 Å². The smallest absolute Gasteiger partial charge is 0.314 e. The van der Waals surface area contributed by atoms with Gasteiger partial charge in [0.2, 0.25) is 6.79 Å². The largest absolute Gasteiger partial charge is 0.492 e. The number of ether oxygens (including phenoxy) is 3. The van der Waals surface area contributed by atoms with E-state index >= 15 is 0 Å². The number of fused-ring (bicyclic) bond motifs is 1. The van der Waals surface area contributed by atoms with Crippen molar-refractivity contribution in [1.29, 1.82) is 0 Å². The quantitative estimate of drug-likeness (QED) is 0.915. The van der Waals surface area contributed by atoms with E-state index in [-0.39, 0.29) is 13.4 Å². The van der Waals surface area contributed by atoms with Crippen molar-refractivity contribution in [3.63, 3.8) is 0 Å². The number of hydrogen-bond acceptors (Lipinski definition) is 4. The van der Waals surface area contributed by atoms with Crippen LogP contribution in [-0.4, -0.2) is 24.5 Å². The third kappa shape index (κ3) is 2.91. The molecule has 0 amide bonds. The lowest BCUT2D eigenvalue weighted by Gasteiger charge is -2.14. The highest BCUT2D eigenvalue weighted by molar-refractivity contribution is 5.76. The lowest BCUT2D eigenvalue weighted by atomic mass is 10.0. The SMILES string of the molecule is O=C(O)C(COc1ccc2c(c1)OCO2)c1ccccc1. The highest BCUT2D eigenvalue weighted by atomic mass is 16.7. The maximum atomic E-state index is 11.4. The fraction of sp³-hybridized carbons (Fsp3) is 0.188. The van der Waals surface area contributed by atoms with Crippen LogP contribution >= 0.6 is 0 Å². The van der Waals surface area contributed by atoms with Crippen molar-refractivity contribution in [2.24, 2.45) is 0 Å². The van der Waals surface area contributed by atoms with Gasteiger partial charge in [0.15, 0.2) is 11.5 Å². The summed E-state index contributed by atoms with van der Waals surface area (Å²) < 4.78 is 16.1. The van der Waals surface area contributed by atoms with E-state index < -0.39 is 11.9 Å². The zero-order valence-corrected chi connectivity index (χ0v) is 11.2. The van der Waals surface area contributed by atoms with Gasteiger partial charge in [0, 0.05) is 6.07 Å². The second kappa shape index (κ2) is 5.75. The van der Waals surface area contributed by atoms with Gasteiger partial charge in [0.25, 0.3) is 0 Å². The Hall–Kier alpha value is -2.69. The van der Waals surface area contributed by atoms with Crippen molar-refractivity contribution in [1.82, 2.24) is 0 Å². The second-order valence-corrected chi connectivity index (χ2v) is 4.63. The van der Waals surface area contributed by atoms with E-state index in [9.17, 15) is 9.90 Å². The first kappa shape index (κ1) is 13.3. The van der Waals surface area contributed by atoms with E-state index in [0.29, 0.717) is 22.8 Å².